The number of alkyl halides is 3. The smallest absolute Gasteiger partial charge is 0.455 e. The van der Waals surface area contributed by atoms with Crippen LogP contribution in [0.1, 0.15) is 25.6 Å². The summed E-state index contributed by atoms with van der Waals surface area (Å²) >= 11 is 4.72. The van der Waals surface area contributed by atoms with Crippen molar-refractivity contribution in [1.29, 1.82) is 0 Å². The lowest BCUT2D eigenvalue weighted by Crippen LogP contribution is -2.38. The third kappa shape index (κ3) is 4.07. The molecule has 1 fully saturated rings. The Morgan fingerprint density at radius 3 is 2.68 bits per heavy atom. The molecule has 7 nitrogen and oxygen atoms in total. The lowest BCUT2D eigenvalue weighted by atomic mass is 9.92. The molecular formula is C16H15BrF3N5O2S. The van der Waals surface area contributed by atoms with Crippen LogP contribution in [-0.2, 0) is 6.18 Å². The van der Waals surface area contributed by atoms with Crippen molar-refractivity contribution < 1.29 is 22.4 Å². The van der Waals surface area contributed by atoms with E-state index in [0.717, 1.165) is 27.8 Å². The van der Waals surface area contributed by atoms with Gasteiger partial charge in [-0.25, -0.2) is 9.97 Å². The van der Waals surface area contributed by atoms with Crippen LogP contribution in [0.5, 0.6) is 5.19 Å². The number of piperidine rings is 1. The first-order valence-corrected chi connectivity index (χ1v) is 10.2. The van der Waals surface area contributed by atoms with Crippen LogP contribution in [0.2, 0.25) is 0 Å². The van der Waals surface area contributed by atoms with Crippen LogP contribution in [0.3, 0.4) is 0 Å². The predicted molar refractivity (Wildman–Crippen MR) is 99.4 cm³/mol. The third-order valence-corrected chi connectivity index (χ3v) is 5.93. The van der Waals surface area contributed by atoms with Gasteiger partial charge in [-0.1, -0.05) is 11.3 Å². The van der Waals surface area contributed by atoms with Crippen molar-refractivity contribution in [3.05, 3.63) is 22.6 Å². The molecule has 0 spiro atoms. The number of hydrogen-bond donors (Lipinski definition) is 0. The Morgan fingerprint density at radius 2 is 2.00 bits per heavy atom. The molecule has 0 saturated carbocycles. The number of thiazole rings is 1. The Labute approximate surface area is 170 Å². The van der Waals surface area contributed by atoms with Gasteiger partial charge in [0.15, 0.2) is 0 Å². The van der Waals surface area contributed by atoms with Gasteiger partial charge in [-0.15, -0.1) is 0 Å². The Kier molecular flexibility index (Phi) is 5.17. The van der Waals surface area contributed by atoms with E-state index in [1.165, 1.54) is 11.3 Å². The van der Waals surface area contributed by atoms with Gasteiger partial charge in [-0.05, 0) is 58.9 Å². The predicted octanol–water partition coefficient (Wildman–Crippen LogP) is 4.54. The second-order valence-electron chi connectivity index (χ2n) is 6.48. The van der Waals surface area contributed by atoms with Crippen molar-refractivity contribution >= 4 is 43.6 Å². The number of fused-ring (bicyclic) bond motifs is 1. The van der Waals surface area contributed by atoms with E-state index in [-0.39, 0.29) is 18.0 Å². The minimum Gasteiger partial charge on any atom is -0.467 e. The summed E-state index contributed by atoms with van der Waals surface area (Å²) in [5, 5.41) is 3.56. The van der Waals surface area contributed by atoms with Gasteiger partial charge in [-0.2, -0.15) is 18.2 Å². The highest BCUT2D eigenvalue weighted by molar-refractivity contribution is 9.10. The zero-order chi connectivity index (χ0) is 19.9. The molecule has 0 N–H and O–H groups in total. The fourth-order valence-corrected chi connectivity index (χ4v) is 4.40. The van der Waals surface area contributed by atoms with E-state index in [4.69, 9.17) is 9.26 Å². The first-order chi connectivity index (χ1) is 13.3. The summed E-state index contributed by atoms with van der Waals surface area (Å²) in [4.78, 5) is 14.7. The quantitative estimate of drug-likeness (QED) is 0.510. The van der Waals surface area contributed by atoms with Crippen LogP contribution in [0.15, 0.2) is 21.3 Å². The lowest BCUT2D eigenvalue weighted by Gasteiger charge is -2.33. The summed E-state index contributed by atoms with van der Waals surface area (Å²) in [5.74, 6) is -1.01. The average Bonchev–Trinajstić information content (AvgIpc) is 3.28. The van der Waals surface area contributed by atoms with E-state index in [9.17, 15) is 13.2 Å². The van der Waals surface area contributed by atoms with Gasteiger partial charge < -0.3 is 14.2 Å². The molecule has 3 aromatic heterocycles. The van der Waals surface area contributed by atoms with Gasteiger partial charge in [-0.3, -0.25) is 0 Å². The maximum absolute atomic E-state index is 12.6. The van der Waals surface area contributed by atoms with E-state index >= 15 is 0 Å². The number of hydrogen-bond acceptors (Lipinski definition) is 8. The van der Waals surface area contributed by atoms with Crippen LogP contribution < -0.4 is 9.64 Å². The lowest BCUT2D eigenvalue weighted by molar-refractivity contribution is -0.146. The van der Waals surface area contributed by atoms with Crippen LogP contribution in [0.4, 0.5) is 19.2 Å². The first kappa shape index (κ1) is 19.4. The molecule has 0 radical (unpaired) electrons. The van der Waals surface area contributed by atoms with E-state index < -0.39 is 12.0 Å². The minimum absolute atomic E-state index is 0.0837. The summed E-state index contributed by atoms with van der Waals surface area (Å²) < 4.78 is 49.3. The molecule has 1 saturated heterocycles. The van der Waals surface area contributed by atoms with Gasteiger partial charge in [0.1, 0.15) is 21.1 Å². The van der Waals surface area contributed by atoms with Crippen molar-refractivity contribution in [3.8, 4) is 5.19 Å². The first-order valence-electron chi connectivity index (χ1n) is 8.55. The molecule has 1 aliphatic heterocycles. The third-order valence-electron chi connectivity index (χ3n) is 4.63. The summed E-state index contributed by atoms with van der Waals surface area (Å²) in [6, 6.07) is 3.60. The van der Waals surface area contributed by atoms with Crippen LogP contribution in [-0.4, -0.2) is 39.3 Å². The van der Waals surface area contributed by atoms with E-state index in [1.54, 1.807) is 4.90 Å². The fraction of sp³-hybridized carbons (Fsp3) is 0.500. The molecule has 4 heterocycles. The Balaban J connectivity index is 1.35. The van der Waals surface area contributed by atoms with Gasteiger partial charge in [0.25, 0.3) is 11.0 Å². The Bertz CT molecular complexity index is 971. The second-order valence-corrected chi connectivity index (χ2v) is 8.24. The van der Waals surface area contributed by atoms with Crippen molar-refractivity contribution in [3.63, 3.8) is 0 Å². The monoisotopic (exact) mass is 477 g/mol. The molecule has 1 aliphatic rings. The maximum Gasteiger partial charge on any atom is 0.455 e. The van der Waals surface area contributed by atoms with Crippen LogP contribution >= 0.6 is 27.3 Å². The summed E-state index contributed by atoms with van der Waals surface area (Å²) in [7, 11) is 0. The normalized spacial score (nSPS) is 17.2. The molecule has 0 aliphatic carbocycles. The zero-order valence-corrected chi connectivity index (χ0v) is 17.0. The standard InChI is InChI=1S/C16H15BrF3N5O2S/c1-8(26-15-21-10-2-3-11(17)22-12(10)28-15)9-4-6-25(7-5-9)14-23-13(24-27-14)16(18,19)20/h2-3,8-9H,4-7H2,1H3. The number of aromatic nitrogens is 4. The molecule has 1 atom stereocenters. The highest BCUT2D eigenvalue weighted by Crippen LogP contribution is 2.32. The fourth-order valence-electron chi connectivity index (χ4n) is 3.10. The molecule has 1 unspecified atom stereocenters. The number of rotatable bonds is 4. The second kappa shape index (κ2) is 7.47. The van der Waals surface area contributed by atoms with Crippen molar-refractivity contribution in [1.82, 2.24) is 20.1 Å². The molecule has 12 heteroatoms. The van der Waals surface area contributed by atoms with Crippen LogP contribution in [0, 0.1) is 5.92 Å². The molecule has 0 aromatic carbocycles. The Hall–Kier alpha value is -1.95. The maximum atomic E-state index is 12.6. The van der Waals surface area contributed by atoms with Crippen molar-refractivity contribution in [2.24, 2.45) is 5.92 Å². The molecular weight excluding hydrogens is 463 g/mol. The largest absolute Gasteiger partial charge is 0.467 e. The number of nitrogens with zero attached hydrogens (tertiary/aromatic N) is 5. The average molecular weight is 478 g/mol. The van der Waals surface area contributed by atoms with E-state index in [1.807, 2.05) is 19.1 Å². The number of ether oxygens (including phenoxy) is 1. The van der Waals surface area contributed by atoms with Gasteiger partial charge in [0.2, 0.25) is 0 Å². The SMILES string of the molecule is CC(Oc1nc2ccc(Br)nc2s1)C1CCN(c2nc(C(F)(F)F)no2)CC1. The van der Waals surface area contributed by atoms with E-state index in [2.05, 4.69) is 36.0 Å². The summed E-state index contributed by atoms with van der Waals surface area (Å²) in [5.41, 5.74) is 0.780. The van der Waals surface area contributed by atoms with Crippen molar-refractivity contribution in [2.75, 3.05) is 18.0 Å². The molecule has 28 heavy (non-hydrogen) atoms. The van der Waals surface area contributed by atoms with E-state index in [0.29, 0.717) is 18.3 Å². The summed E-state index contributed by atoms with van der Waals surface area (Å²) in [6.45, 7) is 3.02. The molecule has 0 bridgehead atoms. The zero-order valence-electron chi connectivity index (χ0n) is 14.6. The number of pyridine rings is 1. The highest BCUT2D eigenvalue weighted by Gasteiger charge is 2.38. The van der Waals surface area contributed by atoms with Crippen molar-refractivity contribution in [2.45, 2.75) is 32.0 Å². The number of anilines is 1. The van der Waals surface area contributed by atoms with Gasteiger partial charge >= 0.3 is 12.2 Å². The molecule has 0 amide bonds. The topological polar surface area (TPSA) is 77.2 Å². The van der Waals surface area contributed by atoms with Gasteiger partial charge in [0, 0.05) is 13.1 Å². The Morgan fingerprint density at radius 1 is 1.25 bits per heavy atom. The highest BCUT2D eigenvalue weighted by atomic mass is 79.9. The van der Waals surface area contributed by atoms with Crippen LogP contribution in [0.25, 0.3) is 10.3 Å². The minimum atomic E-state index is -4.61. The molecule has 150 valence electrons. The molecule has 3 aromatic rings. The summed E-state index contributed by atoms with van der Waals surface area (Å²) in [6.07, 6.45) is -3.22. The van der Waals surface area contributed by atoms with Gasteiger partial charge in [0.05, 0.1) is 0 Å². The number of halogens is 4. The molecule has 4 rings (SSSR count).